The molecule has 5 heteroatoms. The van der Waals surface area contributed by atoms with Crippen LogP contribution in [0.15, 0.2) is 24.3 Å². The van der Waals surface area contributed by atoms with E-state index in [0.29, 0.717) is 12.3 Å². The lowest BCUT2D eigenvalue weighted by molar-refractivity contribution is -0.147. The lowest BCUT2D eigenvalue weighted by Crippen LogP contribution is -2.45. The Hall–Kier alpha value is -2.04. The van der Waals surface area contributed by atoms with E-state index in [1.54, 1.807) is 6.92 Å². The summed E-state index contributed by atoms with van der Waals surface area (Å²) in [6, 6.07) is 8.00. The van der Waals surface area contributed by atoms with Crippen LogP contribution in [0.3, 0.4) is 0 Å². The Bertz CT molecular complexity index is 564. The first kappa shape index (κ1) is 19.3. The van der Waals surface area contributed by atoms with Gasteiger partial charge >= 0.3 is 5.97 Å². The molecule has 1 aromatic rings. The normalized spacial score (nSPS) is 15.6. The average Bonchev–Trinajstić information content (AvgIpc) is 3.17. The summed E-state index contributed by atoms with van der Waals surface area (Å²) < 4.78 is 10.5. The zero-order chi connectivity index (χ0) is 18.2. The van der Waals surface area contributed by atoms with E-state index < -0.39 is 0 Å². The van der Waals surface area contributed by atoms with Gasteiger partial charge in [0.15, 0.2) is 6.61 Å². The van der Waals surface area contributed by atoms with Gasteiger partial charge in [-0.05, 0) is 37.0 Å². The number of hydrogen-bond donors (Lipinski definition) is 0. The first-order chi connectivity index (χ1) is 12.0. The van der Waals surface area contributed by atoms with Crippen molar-refractivity contribution in [3.63, 3.8) is 0 Å². The molecule has 1 saturated carbocycles. The highest BCUT2D eigenvalue weighted by atomic mass is 16.5. The molecule has 138 valence electrons. The van der Waals surface area contributed by atoms with E-state index in [1.807, 2.05) is 29.2 Å². The second-order valence-corrected chi connectivity index (χ2v) is 6.69. The number of nitrogens with zero attached hydrogens (tertiary/aromatic N) is 1. The third-order valence-corrected chi connectivity index (χ3v) is 4.85. The van der Waals surface area contributed by atoms with Gasteiger partial charge < -0.3 is 14.4 Å². The average molecular weight is 347 g/mol. The largest absolute Gasteiger partial charge is 0.484 e. The van der Waals surface area contributed by atoms with Gasteiger partial charge in [-0.25, -0.2) is 0 Å². The van der Waals surface area contributed by atoms with Crippen molar-refractivity contribution in [3.8, 4) is 5.75 Å². The van der Waals surface area contributed by atoms with Crippen molar-refractivity contribution in [2.24, 2.45) is 5.92 Å². The zero-order valence-corrected chi connectivity index (χ0v) is 15.5. The van der Waals surface area contributed by atoms with Gasteiger partial charge in [0.25, 0.3) is 5.91 Å². The summed E-state index contributed by atoms with van der Waals surface area (Å²) in [6.45, 7) is 4.27. The third-order valence-electron chi connectivity index (χ3n) is 4.85. The first-order valence-electron chi connectivity index (χ1n) is 9.14. The van der Waals surface area contributed by atoms with Crippen LogP contribution >= 0.6 is 0 Å². The second kappa shape index (κ2) is 9.44. The fourth-order valence-electron chi connectivity index (χ4n) is 3.29. The Morgan fingerprint density at radius 2 is 1.84 bits per heavy atom. The Morgan fingerprint density at radius 1 is 1.20 bits per heavy atom. The summed E-state index contributed by atoms with van der Waals surface area (Å²) in [7, 11) is 1.38. The highest BCUT2D eigenvalue weighted by Crippen LogP contribution is 2.25. The highest BCUT2D eigenvalue weighted by molar-refractivity contribution is 5.79. The van der Waals surface area contributed by atoms with Gasteiger partial charge in [0.1, 0.15) is 5.75 Å². The molecule has 1 unspecified atom stereocenters. The maximum absolute atomic E-state index is 12.7. The molecule has 5 nitrogen and oxygen atoms in total. The minimum absolute atomic E-state index is 0.00410. The lowest BCUT2D eigenvalue weighted by Gasteiger charge is -2.30. The SMILES string of the molecule is CCc1ccc(OCC(=O)N(CC(C)C(=O)OC)C2CCCC2)cc1. The van der Waals surface area contributed by atoms with E-state index in [-0.39, 0.29) is 30.4 Å². The number of esters is 1. The summed E-state index contributed by atoms with van der Waals surface area (Å²) in [5, 5.41) is 0. The third kappa shape index (κ3) is 5.48. The van der Waals surface area contributed by atoms with Crippen molar-refractivity contribution in [1.29, 1.82) is 0 Å². The molecule has 1 aromatic carbocycles. The number of carbonyl (C=O) groups is 2. The molecule has 25 heavy (non-hydrogen) atoms. The number of carbonyl (C=O) groups excluding carboxylic acids is 2. The second-order valence-electron chi connectivity index (χ2n) is 6.69. The number of methoxy groups -OCH3 is 1. The molecule has 1 aliphatic rings. The monoisotopic (exact) mass is 347 g/mol. The standard InChI is InChI=1S/C20H29NO4/c1-4-16-9-11-18(12-10-16)25-14-19(22)21(17-7-5-6-8-17)13-15(2)20(23)24-3/h9-12,15,17H,4-8,13-14H2,1-3H3. The summed E-state index contributed by atoms with van der Waals surface area (Å²) in [6.07, 6.45) is 5.20. The van der Waals surface area contributed by atoms with Crippen molar-refractivity contribution in [2.75, 3.05) is 20.3 Å². The molecule has 1 aliphatic carbocycles. The Kier molecular flexibility index (Phi) is 7.29. The summed E-state index contributed by atoms with van der Waals surface area (Å²) in [5.41, 5.74) is 1.23. The van der Waals surface area contributed by atoms with Crippen molar-refractivity contribution in [1.82, 2.24) is 4.90 Å². The number of rotatable bonds is 8. The topological polar surface area (TPSA) is 55.8 Å². The van der Waals surface area contributed by atoms with E-state index in [2.05, 4.69) is 6.92 Å². The summed E-state index contributed by atoms with van der Waals surface area (Å²) >= 11 is 0. The molecule has 0 aromatic heterocycles. The van der Waals surface area contributed by atoms with Gasteiger partial charge in [-0.1, -0.05) is 38.8 Å². The van der Waals surface area contributed by atoms with Crippen LogP contribution < -0.4 is 4.74 Å². The van der Waals surface area contributed by atoms with Crippen LogP contribution in [0.5, 0.6) is 5.75 Å². The van der Waals surface area contributed by atoms with Crippen molar-refractivity contribution in [3.05, 3.63) is 29.8 Å². The smallest absolute Gasteiger partial charge is 0.310 e. The van der Waals surface area contributed by atoms with Crippen LogP contribution in [0.25, 0.3) is 0 Å². The van der Waals surface area contributed by atoms with E-state index in [4.69, 9.17) is 9.47 Å². The maximum Gasteiger partial charge on any atom is 0.310 e. The van der Waals surface area contributed by atoms with E-state index >= 15 is 0 Å². The predicted molar refractivity (Wildman–Crippen MR) is 96.5 cm³/mol. The molecule has 0 spiro atoms. The fraction of sp³-hybridized carbons (Fsp3) is 0.600. The lowest BCUT2D eigenvalue weighted by atomic mass is 10.1. The van der Waals surface area contributed by atoms with Gasteiger partial charge in [0.2, 0.25) is 0 Å². The molecular weight excluding hydrogens is 318 g/mol. The van der Waals surface area contributed by atoms with E-state index in [1.165, 1.54) is 12.7 Å². The van der Waals surface area contributed by atoms with Gasteiger partial charge in [-0.15, -0.1) is 0 Å². The van der Waals surface area contributed by atoms with Crippen LogP contribution in [0.4, 0.5) is 0 Å². The quantitative estimate of drug-likeness (QED) is 0.678. The van der Waals surface area contributed by atoms with Gasteiger partial charge in [-0.2, -0.15) is 0 Å². The van der Waals surface area contributed by atoms with Crippen LogP contribution in [0.1, 0.15) is 45.1 Å². The summed E-state index contributed by atoms with van der Waals surface area (Å²) in [5.74, 6) is 0.00502. The molecule has 0 radical (unpaired) electrons. The van der Waals surface area contributed by atoms with Crippen LogP contribution in [0, 0.1) is 5.92 Å². The van der Waals surface area contributed by atoms with Crippen molar-refractivity contribution < 1.29 is 19.1 Å². The number of amides is 1. The number of ether oxygens (including phenoxy) is 2. The number of hydrogen-bond acceptors (Lipinski definition) is 4. The maximum atomic E-state index is 12.7. The minimum atomic E-state index is -0.335. The van der Waals surface area contributed by atoms with E-state index in [9.17, 15) is 9.59 Å². The molecule has 1 atom stereocenters. The van der Waals surface area contributed by atoms with Gasteiger partial charge in [0.05, 0.1) is 13.0 Å². The summed E-state index contributed by atoms with van der Waals surface area (Å²) in [4.78, 5) is 26.3. The zero-order valence-electron chi connectivity index (χ0n) is 15.5. The van der Waals surface area contributed by atoms with Gasteiger partial charge in [0, 0.05) is 12.6 Å². The fourth-order valence-corrected chi connectivity index (χ4v) is 3.29. The molecule has 0 saturated heterocycles. The Morgan fingerprint density at radius 3 is 2.40 bits per heavy atom. The number of aryl methyl sites for hydroxylation is 1. The first-order valence-corrected chi connectivity index (χ1v) is 9.14. The minimum Gasteiger partial charge on any atom is -0.484 e. The molecule has 0 bridgehead atoms. The van der Waals surface area contributed by atoms with E-state index in [0.717, 1.165) is 32.1 Å². The molecule has 1 fully saturated rings. The molecule has 0 aliphatic heterocycles. The van der Waals surface area contributed by atoms with Crippen molar-refractivity contribution >= 4 is 11.9 Å². The Labute approximate surface area is 150 Å². The van der Waals surface area contributed by atoms with Crippen LogP contribution in [0.2, 0.25) is 0 Å². The molecule has 0 heterocycles. The molecular formula is C20H29NO4. The highest BCUT2D eigenvalue weighted by Gasteiger charge is 2.30. The molecule has 1 amide bonds. The van der Waals surface area contributed by atoms with Crippen LogP contribution in [-0.4, -0.2) is 43.1 Å². The molecule has 2 rings (SSSR count). The van der Waals surface area contributed by atoms with Crippen LogP contribution in [-0.2, 0) is 20.7 Å². The molecule has 0 N–H and O–H groups in total. The van der Waals surface area contributed by atoms with Gasteiger partial charge in [-0.3, -0.25) is 9.59 Å². The van der Waals surface area contributed by atoms with Crippen molar-refractivity contribution in [2.45, 2.75) is 52.0 Å². The number of benzene rings is 1. The predicted octanol–water partition coefficient (Wildman–Crippen LogP) is 3.21. The Balaban J connectivity index is 1.97.